The molecular weight excluding hydrogens is 353 g/mol. The van der Waals surface area contributed by atoms with E-state index in [9.17, 15) is 0 Å². The topological polar surface area (TPSA) is 59.6 Å². The minimum Gasteiger partial charge on any atom is -0.489 e. The summed E-state index contributed by atoms with van der Waals surface area (Å²) in [5.41, 5.74) is 6.86. The average Bonchev–Trinajstić information content (AvgIpc) is 2.29. The number of nitrogens with zero attached hydrogens (tertiary/aromatic N) is 1. The van der Waals surface area contributed by atoms with Crippen molar-refractivity contribution in [3.8, 4) is 5.75 Å². The van der Waals surface area contributed by atoms with Gasteiger partial charge in [-0.05, 0) is 39.3 Å². The molecule has 19 heavy (non-hydrogen) atoms. The van der Waals surface area contributed by atoms with Crippen LogP contribution in [0.1, 0.15) is 26.3 Å². The molecule has 0 aromatic heterocycles. The minimum atomic E-state index is -0.00128. The molecule has 0 aliphatic carbocycles. The normalized spacial score (nSPS) is 12.8. The number of guanidine groups is 1. The molecule has 0 aliphatic rings. The van der Waals surface area contributed by atoms with Gasteiger partial charge in [-0.1, -0.05) is 18.2 Å². The summed E-state index contributed by atoms with van der Waals surface area (Å²) in [5.74, 6) is 1.36. The van der Waals surface area contributed by atoms with Crippen molar-refractivity contribution in [3.63, 3.8) is 0 Å². The SMILES string of the molecule is Cc1ccccc1OC(C)CN=C(N)NC(C)C.I. The molecule has 0 saturated heterocycles. The molecule has 0 heterocycles. The van der Waals surface area contributed by atoms with E-state index < -0.39 is 0 Å². The lowest BCUT2D eigenvalue weighted by molar-refractivity contribution is 0.229. The van der Waals surface area contributed by atoms with Crippen molar-refractivity contribution in [2.75, 3.05) is 6.54 Å². The Labute approximate surface area is 132 Å². The van der Waals surface area contributed by atoms with Crippen LogP contribution in [0.2, 0.25) is 0 Å². The highest BCUT2D eigenvalue weighted by Crippen LogP contribution is 2.17. The van der Waals surface area contributed by atoms with Gasteiger partial charge >= 0.3 is 0 Å². The Kier molecular flexibility index (Phi) is 8.54. The van der Waals surface area contributed by atoms with E-state index in [2.05, 4.69) is 10.3 Å². The van der Waals surface area contributed by atoms with Gasteiger partial charge < -0.3 is 15.8 Å². The monoisotopic (exact) mass is 377 g/mol. The summed E-state index contributed by atoms with van der Waals surface area (Å²) in [4.78, 5) is 4.25. The largest absolute Gasteiger partial charge is 0.489 e. The van der Waals surface area contributed by atoms with Crippen molar-refractivity contribution in [2.24, 2.45) is 10.7 Å². The first-order chi connectivity index (χ1) is 8.49. The zero-order valence-electron chi connectivity index (χ0n) is 12.0. The summed E-state index contributed by atoms with van der Waals surface area (Å²) in [6.45, 7) is 8.60. The highest BCUT2D eigenvalue weighted by molar-refractivity contribution is 14.0. The zero-order valence-corrected chi connectivity index (χ0v) is 14.3. The number of nitrogens with two attached hydrogens (primary N) is 1. The number of ether oxygens (including phenoxy) is 1. The molecule has 4 nitrogen and oxygen atoms in total. The zero-order chi connectivity index (χ0) is 13.5. The van der Waals surface area contributed by atoms with E-state index in [1.807, 2.05) is 52.0 Å². The molecule has 3 N–H and O–H groups in total. The van der Waals surface area contributed by atoms with Crippen molar-refractivity contribution in [1.82, 2.24) is 5.32 Å². The fourth-order valence-electron chi connectivity index (χ4n) is 1.51. The number of para-hydroxylation sites is 1. The summed E-state index contributed by atoms with van der Waals surface area (Å²) in [6, 6.07) is 8.25. The van der Waals surface area contributed by atoms with Gasteiger partial charge in [-0.2, -0.15) is 0 Å². The molecular formula is C14H24IN3O. The van der Waals surface area contributed by atoms with Crippen LogP contribution in [0.15, 0.2) is 29.3 Å². The standard InChI is InChI=1S/C14H23N3O.HI/c1-10(2)17-14(15)16-9-12(4)18-13-8-6-5-7-11(13)3;/h5-8,10,12H,9H2,1-4H3,(H3,15,16,17);1H. The average molecular weight is 377 g/mol. The van der Waals surface area contributed by atoms with Gasteiger partial charge in [-0.25, -0.2) is 4.99 Å². The Morgan fingerprint density at radius 2 is 1.95 bits per heavy atom. The highest BCUT2D eigenvalue weighted by Gasteiger charge is 2.05. The second kappa shape index (κ2) is 9.01. The van der Waals surface area contributed by atoms with Gasteiger partial charge in [-0.3, -0.25) is 0 Å². The van der Waals surface area contributed by atoms with Crippen LogP contribution in [-0.2, 0) is 0 Å². The summed E-state index contributed by atoms with van der Waals surface area (Å²) in [7, 11) is 0. The number of halogens is 1. The van der Waals surface area contributed by atoms with Crippen molar-refractivity contribution < 1.29 is 4.74 Å². The first kappa shape index (κ1) is 18.0. The van der Waals surface area contributed by atoms with Crippen LogP contribution in [-0.4, -0.2) is 24.7 Å². The Balaban J connectivity index is 0.00000324. The first-order valence-corrected chi connectivity index (χ1v) is 6.27. The summed E-state index contributed by atoms with van der Waals surface area (Å²) < 4.78 is 5.81. The lowest BCUT2D eigenvalue weighted by Gasteiger charge is -2.15. The maximum Gasteiger partial charge on any atom is 0.188 e. The first-order valence-electron chi connectivity index (χ1n) is 6.27. The minimum absolute atomic E-state index is 0. The van der Waals surface area contributed by atoms with Gasteiger partial charge in [-0.15, -0.1) is 24.0 Å². The van der Waals surface area contributed by atoms with Crippen LogP contribution in [0, 0.1) is 6.92 Å². The lowest BCUT2D eigenvalue weighted by atomic mass is 10.2. The fraction of sp³-hybridized carbons (Fsp3) is 0.500. The summed E-state index contributed by atoms with van der Waals surface area (Å²) >= 11 is 0. The second-order valence-electron chi connectivity index (χ2n) is 4.72. The molecule has 1 unspecified atom stereocenters. The number of benzene rings is 1. The molecule has 0 fully saturated rings. The Morgan fingerprint density at radius 3 is 2.53 bits per heavy atom. The van der Waals surface area contributed by atoms with E-state index in [-0.39, 0.29) is 30.1 Å². The Bertz CT molecular complexity index is 407. The number of aliphatic imine (C=N–C) groups is 1. The molecule has 0 radical (unpaired) electrons. The van der Waals surface area contributed by atoms with Crippen LogP contribution in [0.4, 0.5) is 0 Å². The lowest BCUT2D eigenvalue weighted by Crippen LogP contribution is -2.37. The van der Waals surface area contributed by atoms with Gasteiger partial charge in [0, 0.05) is 6.04 Å². The predicted molar refractivity (Wildman–Crippen MR) is 91.4 cm³/mol. The molecule has 1 rings (SSSR count). The van der Waals surface area contributed by atoms with Crippen molar-refractivity contribution in [3.05, 3.63) is 29.8 Å². The highest BCUT2D eigenvalue weighted by atomic mass is 127. The van der Waals surface area contributed by atoms with E-state index in [4.69, 9.17) is 10.5 Å². The molecule has 1 aromatic rings. The Morgan fingerprint density at radius 1 is 1.32 bits per heavy atom. The number of hydrogen-bond donors (Lipinski definition) is 2. The molecule has 0 spiro atoms. The fourth-order valence-corrected chi connectivity index (χ4v) is 1.51. The number of nitrogens with one attached hydrogen (secondary N) is 1. The molecule has 1 atom stereocenters. The van der Waals surface area contributed by atoms with Gasteiger partial charge in [0.05, 0.1) is 6.54 Å². The molecule has 1 aromatic carbocycles. The van der Waals surface area contributed by atoms with E-state index in [1.54, 1.807) is 0 Å². The predicted octanol–water partition coefficient (Wildman–Crippen LogP) is 2.69. The van der Waals surface area contributed by atoms with Gasteiger partial charge in [0.2, 0.25) is 0 Å². The van der Waals surface area contributed by atoms with E-state index in [0.29, 0.717) is 18.5 Å². The summed E-state index contributed by atoms with van der Waals surface area (Å²) in [6.07, 6.45) is -0.00128. The van der Waals surface area contributed by atoms with E-state index in [0.717, 1.165) is 11.3 Å². The maximum atomic E-state index is 5.81. The number of rotatable bonds is 5. The van der Waals surface area contributed by atoms with Gasteiger partial charge in [0.15, 0.2) is 5.96 Å². The third-order valence-electron chi connectivity index (χ3n) is 2.38. The number of aryl methyl sites for hydroxylation is 1. The van der Waals surface area contributed by atoms with Crippen LogP contribution < -0.4 is 15.8 Å². The molecule has 0 saturated carbocycles. The maximum absolute atomic E-state index is 5.81. The van der Waals surface area contributed by atoms with Crippen molar-refractivity contribution in [1.29, 1.82) is 0 Å². The van der Waals surface area contributed by atoms with Gasteiger partial charge in [0.1, 0.15) is 11.9 Å². The molecule has 5 heteroatoms. The van der Waals surface area contributed by atoms with Crippen LogP contribution >= 0.6 is 24.0 Å². The van der Waals surface area contributed by atoms with Gasteiger partial charge in [0.25, 0.3) is 0 Å². The van der Waals surface area contributed by atoms with Crippen molar-refractivity contribution in [2.45, 2.75) is 39.8 Å². The van der Waals surface area contributed by atoms with Crippen LogP contribution in [0.25, 0.3) is 0 Å². The third kappa shape index (κ3) is 7.25. The van der Waals surface area contributed by atoms with Crippen LogP contribution in [0.3, 0.4) is 0 Å². The molecule has 0 aliphatic heterocycles. The third-order valence-corrected chi connectivity index (χ3v) is 2.38. The van der Waals surface area contributed by atoms with Crippen LogP contribution in [0.5, 0.6) is 5.75 Å². The van der Waals surface area contributed by atoms with E-state index in [1.165, 1.54) is 0 Å². The number of hydrogen-bond acceptors (Lipinski definition) is 2. The van der Waals surface area contributed by atoms with E-state index >= 15 is 0 Å². The van der Waals surface area contributed by atoms with Crippen molar-refractivity contribution >= 4 is 29.9 Å². The molecule has 0 amide bonds. The Hall–Kier alpha value is -0.980. The second-order valence-corrected chi connectivity index (χ2v) is 4.72. The quantitative estimate of drug-likeness (QED) is 0.471. The molecule has 108 valence electrons. The smallest absolute Gasteiger partial charge is 0.188 e. The summed E-state index contributed by atoms with van der Waals surface area (Å²) in [5, 5.41) is 3.05. The molecule has 0 bridgehead atoms.